The van der Waals surface area contributed by atoms with Gasteiger partial charge in [0.1, 0.15) is 11.3 Å². The van der Waals surface area contributed by atoms with Crippen molar-refractivity contribution in [3.63, 3.8) is 0 Å². The number of amides is 1. The summed E-state index contributed by atoms with van der Waals surface area (Å²) >= 11 is 9.64. The quantitative estimate of drug-likeness (QED) is 0.283. The highest BCUT2D eigenvalue weighted by molar-refractivity contribution is 9.10. The zero-order chi connectivity index (χ0) is 21.5. The molecule has 1 amide bonds. The van der Waals surface area contributed by atoms with Crippen molar-refractivity contribution in [2.45, 2.75) is 0 Å². The second-order valence-electron chi connectivity index (χ2n) is 6.92. The number of anilines is 1. The van der Waals surface area contributed by atoms with Crippen LogP contribution in [0.5, 0.6) is 0 Å². The van der Waals surface area contributed by atoms with Gasteiger partial charge in [-0.05, 0) is 59.3 Å². The Bertz CT molecular complexity index is 1480. The number of carbonyl (C=O) groups excluding carboxylic acids is 1. The first-order valence-corrected chi connectivity index (χ1v) is 10.5. The maximum Gasteiger partial charge on any atom is 0.256 e. The minimum absolute atomic E-state index is 0.210. The van der Waals surface area contributed by atoms with E-state index in [1.807, 2.05) is 30.3 Å². The fraction of sp³-hybridized carbons (Fsp3) is 0. The number of oxazole rings is 1. The Morgan fingerprint density at radius 2 is 1.81 bits per heavy atom. The number of fused-ring (bicyclic) bond motifs is 2. The van der Waals surface area contributed by atoms with Crippen LogP contribution in [0.2, 0.25) is 5.02 Å². The molecule has 7 heteroatoms. The molecule has 0 atom stereocenters. The van der Waals surface area contributed by atoms with Crippen molar-refractivity contribution < 1.29 is 13.6 Å². The summed E-state index contributed by atoms with van der Waals surface area (Å²) in [6.07, 6.45) is 0. The summed E-state index contributed by atoms with van der Waals surface area (Å²) in [7, 11) is 0. The second-order valence-corrected chi connectivity index (χ2v) is 8.18. The minimum atomic E-state index is -0.435. The van der Waals surface area contributed by atoms with Crippen LogP contribution >= 0.6 is 27.5 Å². The number of hydrogen-bond donors (Lipinski definition) is 1. The third kappa shape index (κ3) is 3.69. The van der Waals surface area contributed by atoms with Gasteiger partial charge >= 0.3 is 0 Å². The number of hydrogen-bond acceptors (Lipinski definition) is 3. The number of halogens is 3. The van der Waals surface area contributed by atoms with Crippen molar-refractivity contribution in [3.8, 4) is 11.5 Å². The molecular weight excluding hydrogens is 483 g/mol. The van der Waals surface area contributed by atoms with Crippen molar-refractivity contribution >= 4 is 61.0 Å². The van der Waals surface area contributed by atoms with Crippen molar-refractivity contribution in [1.29, 1.82) is 0 Å². The number of aromatic nitrogens is 1. The topological polar surface area (TPSA) is 55.1 Å². The number of benzene rings is 4. The van der Waals surface area contributed by atoms with Gasteiger partial charge in [-0.3, -0.25) is 4.79 Å². The molecule has 152 valence electrons. The molecule has 0 saturated heterocycles. The molecule has 1 aromatic heterocycles. The molecule has 4 nitrogen and oxygen atoms in total. The van der Waals surface area contributed by atoms with E-state index in [4.69, 9.17) is 16.0 Å². The largest absolute Gasteiger partial charge is 0.436 e. The van der Waals surface area contributed by atoms with Crippen LogP contribution in [0.4, 0.5) is 10.1 Å². The standard InChI is InChI=1S/C24H13BrClFN2O2/c25-19-6-2-3-15-16(19)4-1-5-17(15)23(30)28-14-8-10-22-21(12-14)29-24(31-22)18-9-7-13(27)11-20(18)26/h1-12H,(H,28,30). The van der Waals surface area contributed by atoms with Crippen molar-refractivity contribution in [2.24, 2.45) is 0 Å². The molecule has 0 saturated carbocycles. The molecule has 31 heavy (non-hydrogen) atoms. The Labute approximate surface area is 189 Å². The van der Waals surface area contributed by atoms with E-state index < -0.39 is 5.82 Å². The van der Waals surface area contributed by atoms with E-state index in [9.17, 15) is 9.18 Å². The molecule has 1 N–H and O–H groups in total. The summed E-state index contributed by atoms with van der Waals surface area (Å²) in [5.41, 5.74) is 2.72. The number of nitrogens with zero attached hydrogens (tertiary/aromatic N) is 1. The highest BCUT2D eigenvalue weighted by Gasteiger charge is 2.15. The Kier molecular flexibility index (Phi) is 4.96. The summed E-state index contributed by atoms with van der Waals surface area (Å²) in [6.45, 7) is 0. The fourth-order valence-electron chi connectivity index (χ4n) is 3.45. The Morgan fingerprint density at radius 1 is 1.00 bits per heavy atom. The lowest BCUT2D eigenvalue weighted by Gasteiger charge is -2.09. The summed E-state index contributed by atoms with van der Waals surface area (Å²) < 4.78 is 20.0. The molecule has 0 fully saturated rings. The molecule has 0 aliphatic heterocycles. The zero-order valence-electron chi connectivity index (χ0n) is 15.8. The molecule has 4 aromatic carbocycles. The lowest BCUT2D eigenvalue weighted by Crippen LogP contribution is -2.12. The van der Waals surface area contributed by atoms with Gasteiger partial charge in [0.25, 0.3) is 5.91 Å². The van der Waals surface area contributed by atoms with Gasteiger partial charge in [-0.15, -0.1) is 0 Å². The summed E-state index contributed by atoms with van der Waals surface area (Å²) in [5.74, 6) is -0.383. The maximum absolute atomic E-state index is 13.3. The molecule has 1 heterocycles. The van der Waals surface area contributed by atoms with E-state index in [0.29, 0.717) is 27.9 Å². The molecule has 0 radical (unpaired) electrons. The maximum atomic E-state index is 13.3. The Hall–Kier alpha value is -3.22. The summed E-state index contributed by atoms with van der Waals surface area (Å²) in [6, 6.07) is 20.5. The highest BCUT2D eigenvalue weighted by atomic mass is 79.9. The summed E-state index contributed by atoms with van der Waals surface area (Å²) in [5, 5.41) is 4.94. The molecule has 0 spiro atoms. The van der Waals surface area contributed by atoms with Crippen LogP contribution in [0.3, 0.4) is 0 Å². The van der Waals surface area contributed by atoms with E-state index in [-0.39, 0.29) is 16.8 Å². The fourth-order valence-corrected chi connectivity index (χ4v) is 4.20. The average molecular weight is 496 g/mol. The van der Waals surface area contributed by atoms with Gasteiger partial charge in [-0.25, -0.2) is 9.37 Å². The number of nitrogens with one attached hydrogen (secondary N) is 1. The molecule has 5 rings (SSSR count). The van der Waals surface area contributed by atoms with Crippen LogP contribution in [0.15, 0.2) is 81.7 Å². The first-order valence-electron chi connectivity index (χ1n) is 9.34. The van der Waals surface area contributed by atoms with Gasteiger partial charge in [0, 0.05) is 15.7 Å². The number of carbonyl (C=O) groups is 1. The van der Waals surface area contributed by atoms with Gasteiger partial charge in [0.15, 0.2) is 5.58 Å². The predicted molar refractivity (Wildman–Crippen MR) is 124 cm³/mol. The first kappa shape index (κ1) is 19.7. The van der Waals surface area contributed by atoms with Gasteiger partial charge in [0.2, 0.25) is 5.89 Å². The third-order valence-corrected chi connectivity index (χ3v) is 5.92. The van der Waals surface area contributed by atoms with Crippen LogP contribution in [0.1, 0.15) is 10.4 Å². The number of rotatable bonds is 3. The highest BCUT2D eigenvalue weighted by Crippen LogP contribution is 2.32. The molecule has 0 aliphatic rings. The first-order chi connectivity index (χ1) is 15.0. The van der Waals surface area contributed by atoms with Crippen LogP contribution < -0.4 is 5.32 Å². The van der Waals surface area contributed by atoms with Crippen molar-refractivity contribution in [2.75, 3.05) is 5.32 Å². The van der Waals surface area contributed by atoms with E-state index >= 15 is 0 Å². The SMILES string of the molecule is O=C(Nc1ccc2oc(-c3ccc(F)cc3Cl)nc2c1)c1cccc2c(Br)cccc12. The van der Waals surface area contributed by atoms with Crippen LogP contribution in [0.25, 0.3) is 33.3 Å². The molecule has 0 unspecified atom stereocenters. The third-order valence-electron chi connectivity index (χ3n) is 4.92. The van der Waals surface area contributed by atoms with Crippen LogP contribution in [-0.4, -0.2) is 10.9 Å². The lowest BCUT2D eigenvalue weighted by atomic mass is 10.0. The van der Waals surface area contributed by atoms with Gasteiger partial charge in [-0.1, -0.05) is 51.8 Å². The molecular formula is C24H13BrClFN2O2. The average Bonchev–Trinajstić information content (AvgIpc) is 3.16. The Morgan fingerprint density at radius 3 is 2.65 bits per heavy atom. The Balaban J connectivity index is 1.48. The predicted octanol–water partition coefficient (Wildman–Crippen LogP) is 7.46. The molecule has 0 bridgehead atoms. The lowest BCUT2D eigenvalue weighted by molar-refractivity contribution is 0.102. The van der Waals surface area contributed by atoms with Gasteiger partial charge < -0.3 is 9.73 Å². The minimum Gasteiger partial charge on any atom is -0.436 e. The molecule has 5 aromatic rings. The van der Waals surface area contributed by atoms with E-state index in [0.717, 1.165) is 15.2 Å². The van der Waals surface area contributed by atoms with Crippen molar-refractivity contribution in [1.82, 2.24) is 4.98 Å². The van der Waals surface area contributed by atoms with E-state index in [1.165, 1.54) is 18.2 Å². The van der Waals surface area contributed by atoms with Gasteiger partial charge in [-0.2, -0.15) is 0 Å². The smallest absolute Gasteiger partial charge is 0.256 e. The van der Waals surface area contributed by atoms with Crippen molar-refractivity contribution in [3.05, 3.63) is 93.7 Å². The van der Waals surface area contributed by atoms with Crippen LogP contribution in [0, 0.1) is 5.82 Å². The van der Waals surface area contributed by atoms with Gasteiger partial charge in [0.05, 0.1) is 10.6 Å². The normalized spacial score (nSPS) is 11.2. The van der Waals surface area contributed by atoms with E-state index in [1.54, 1.807) is 24.3 Å². The molecule has 0 aliphatic carbocycles. The van der Waals surface area contributed by atoms with Crippen LogP contribution in [-0.2, 0) is 0 Å². The summed E-state index contributed by atoms with van der Waals surface area (Å²) in [4.78, 5) is 17.4. The van der Waals surface area contributed by atoms with E-state index in [2.05, 4.69) is 26.2 Å². The second kappa shape index (κ2) is 7.80. The monoisotopic (exact) mass is 494 g/mol. The zero-order valence-corrected chi connectivity index (χ0v) is 18.2.